The summed E-state index contributed by atoms with van der Waals surface area (Å²) < 4.78 is 39.1. The van der Waals surface area contributed by atoms with Crippen molar-refractivity contribution in [2.45, 2.75) is 39.3 Å². The van der Waals surface area contributed by atoms with Crippen LogP contribution in [0.1, 0.15) is 38.7 Å². The summed E-state index contributed by atoms with van der Waals surface area (Å²) in [4.78, 5) is 6.33. The molecular weight excluding hydrogens is 279 g/mol. The van der Waals surface area contributed by atoms with Crippen molar-refractivity contribution >= 4 is 11.6 Å². The SMILES string of the molecule is CCCN(CC1CC1)c1cc(C(F)(F)F)cc(NCC)n1. The van der Waals surface area contributed by atoms with Gasteiger partial charge in [-0.2, -0.15) is 13.2 Å². The van der Waals surface area contributed by atoms with Crippen LogP contribution >= 0.6 is 0 Å². The van der Waals surface area contributed by atoms with E-state index in [0.717, 1.165) is 25.6 Å². The highest BCUT2D eigenvalue weighted by Gasteiger charge is 2.33. The van der Waals surface area contributed by atoms with Crippen molar-refractivity contribution in [2.75, 3.05) is 29.9 Å². The molecule has 1 aromatic heterocycles. The van der Waals surface area contributed by atoms with E-state index in [4.69, 9.17) is 0 Å². The third kappa shape index (κ3) is 4.51. The minimum absolute atomic E-state index is 0.291. The van der Waals surface area contributed by atoms with E-state index in [1.165, 1.54) is 18.9 Å². The molecule has 1 N–H and O–H groups in total. The normalized spacial score (nSPS) is 15.1. The van der Waals surface area contributed by atoms with Gasteiger partial charge in [0.05, 0.1) is 5.56 Å². The number of nitrogens with zero attached hydrogens (tertiary/aromatic N) is 2. The number of aromatic nitrogens is 1. The van der Waals surface area contributed by atoms with Gasteiger partial charge in [0.25, 0.3) is 0 Å². The first-order valence-electron chi connectivity index (χ1n) is 7.52. The van der Waals surface area contributed by atoms with Gasteiger partial charge in [0, 0.05) is 19.6 Å². The summed E-state index contributed by atoms with van der Waals surface area (Å²) in [6.07, 6.45) is -1.13. The maximum atomic E-state index is 13.0. The van der Waals surface area contributed by atoms with Crippen LogP contribution in [0.5, 0.6) is 0 Å². The van der Waals surface area contributed by atoms with Gasteiger partial charge in [-0.15, -0.1) is 0 Å². The molecule has 0 aromatic carbocycles. The monoisotopic (exact) mass is 301 g/mol. The molecule has 1 aliphatic carbocycles. The van der Waals surface area contributed by atoms with Crippen LogP contribution in [0.4, 0.5) is 24.8 Å². The lowest BCUT2D eigenvalue weighted by atomic mass is 10.2. The van der Waals surface area contributed by atoms with Crippen LogP contribution in [0.3, 0.4) is 0 Å². The van der Waals surface area contributed by atoms with Crippen molar-refractivity contribution in [3.05, 3.63) is 17.7 Å². The van der Waals surface area contributed by atoms with Crippen molar-refractivity contribution in [3.63, 3.8) is 0 Å². The van der Waals surface area contributed by atoms with Crippen molar-refractivity contribution in [1.29, 1.82) is 0 Å². The standard InChI is InChI=1S/C15H22F3N3/c1-3-7-21(10-11-5-6-11)14-9-12(15(16,17)18)8-13(20-14)19-4-2/h8-9,11H,3-7,10H2,1-2H3,(H,19,20). The molecule has 0 amide bonds. The van der Waals surface area contributed by atoms with Gasteiger partial charge in [-0.1, -0.05) is 6.92 Å². The largest absolute Gasteiger partial charge is 0.416 e. The summed E-state index contributed by atoms with van der Waals surface area (Å²) >= 11 is 0. The molecule has 3 nitrogen and oxygen atoms in total. The minimum Gasteiger partial charge on any atom is -0.370 e. The van der Waals surface area contributed by atoms with Crippen molar-refractivity contribution in [3.8, 4) is 0 Å². The van der Waals surface area contributed by atoms with Crippen LogP contribution < -0.4 is 10.2 Å². The Bertz CT molecular complexity index is 470. The fraction of sp³-hybridized carbons (Fsp3) is 0.667. The number of alkyl halides is 3. The van der Waals surface area contributed by atoms with Crippen LogP contribution in [-0.2, 0) is 6.18 Å². The van der Waals surface area contributed by atoms with Gasteiger partial charge < -0.3 is 10.2 Å². The summed E-state index contributed by atoms with van der Waals surface area (Å²) in [5, 5.41) is 2.89. The average Bonchev–Trinajstić information content (AvgIpc) is 3.21. The molecule has 6 heteroatoms. The summed E-state index contributed by atoms with van der Waals surface area (Å²) in [6.45, 7) is 5.95. The average molecular weight is 301 g/mol. The van der Waals surface area contributed by atoms with E-state index in [0.29, 0.717) is 24.1 Å². The zero-order chi connectivity index (χ0) is 15.5. The lowest BCUT2D eigenvalue weighted by molar-refractivity contribution is -0.137. The first kappa shape index (κ1) is 15.9. The topological polar surface area (TPSA) is 28.2 Å². The quantitative estimate of drug-likeness (QED) is 0.819. The Labute approximate surface area is 123 Å². The molecule has 0 spiro atoms. The summed E-state index contributed by atoms with van der Waals surface area (Å²) in [5.41, 5.74) is -0.639. The van der Waals surface area contributed by atoms with E-state index in [1.807, 2.05) is 18.7 Å². The van der Waals surface area contributed by atoms with E-state index >= 15 is 0 Å². The third-order valence-corrected chi connectivity index (χ3v) is 3.49. The number of halogens is 3. The molecule has 1 aliphatic rings. The summed E-state index contributed by atoms with van der Waals surface area (Å²) in [6, 6.07) is 2.24. The second kappa shape index (κ2) is 6.54. The molecule has 1 aromatic rings. The molecule has 0 aliphatic heterocycles. The second-order valence-corrected chi connectivity index (χ2v) is 5.52. The smallest absolute Gasteiger partial charge is 0.370 e. The van der Waals surface area contributed by atoms with Gasteiger partial charge in [-0.3, -0.25) is 0 Å². The molecule has 1 fully saturated rings. The van der Waals surface area contributed by atoms with Gasteiger partial charge in [-0.05, 0) is 44.2 Å². The number of anilines is 2. The maximum absolute atomic E-state index is 13.0. The fourth-order valence-electron chi connectivity index (χ4n) is 2.29. The van der Waals surface area contributed by atoms with Crippen LogP contribution in [0, 0.1) is 5.92 Å². The zero-order valence-corrected chi connectivity index (χ0v) is 12.5. The molecule has 1 saturated carbocycles. The molecule has 0 atom stereocenters. The van der Waals surface area contributed by atoms with Gasteiger partial charge in [0.2, 0.25) is 0 Å². The molecule has 0 saturated heterocycles. The van der Waals surface area contributed by atoms with Gasteiger partial charge in [-0.25, -0.2) is 4.98 Å². The number of nitrogens with one attached hydrogen (secondary N) is 1. The zero-order valence-electron chi connectivity index (χ0n) is 12.5. The van der Waals surface area contributed by atoms with Crippen molar-refractivity contribution in [2.24, 2.45) is 5.92 Å². The molecule has 0 unspecified atom stereocenters. The molecule has 2 rings (SSSR count). The first-order chi connectivity index (χ1) is 9.94. The minimum atomic E-state index is -4.35. The number of hydrogen-bond donors (Lipinski definition) is 1. The second-order valence-electron chi connectivity index (χ2n) is 5.52. The van der Waals surface area contributed by atoms with Crippen LogP contribution in [-0.4, -0.2) is 24.6 Å². The van der Waals surface area contributed by atoms with E-state index in [1.54, 1.807) is 0 Å². The lowest BCUT2D eigenvalue weighted by Gasteiger charge is -2.24. The van der Waals surface area contributed by atoms with Crippen LogP contribution in [0.2, 0.25) is 0 Å². The third-order valence-electron chi connectivity index (χ3n) is 3.49. The Kier molecular flexibility index (Phi) is 4.96. The first-order valence-corrected chi connectivity index (χ1v) is 7.52. The molecule has 118 valence electrons. The van der Waals surface area contributed by atoms with E-state index in [2.05, 4.69) is 10.3 Å². The Morgan fingerprint density at radius 2 is 2.00 bits per heavy atom. The molecule has 1 heterocycles. The number of rotatable bonds is 7. The highest BCUT2D eigenvalue weighted by Crippen LogP contribution is 2.35. The lowest BCUT2D eigenvalue weighted by Crippen LogP contribution is -2.28. The van der Waals surface area contributed by atoms with Gasteiger partial charge in [0.15, 0.2) is 0 Å². The Balaban J connectivity index is 2.31. The Morgan fingerprint density at radius 1 is 1.29 bits per heavy atom. The highest BCUT2D eigenvalue weighted by molar-refractivity contribution is 5.51. The molecule has 0 bridgehead atoms. The van der Waals surface area contributed by atoms with Crippen molar-refractivity contribution in [1.82, 2.24) is 4.98 Å². The predicted molar refractivity (Wildman–Crippen MR) is 78.6 cm³/mol. The van der Waals surface area contributed by atoms with Gasteiger partial charge in [0.1, 0.15) is 11.6 Å². The maximum Gasteiger partial charge on any atom is 0.416 e. The molecular formula is C15H22F3N3. The van der Waals surface area contributed by atoms with Crippen LogP contribution in [0.15, 0.2) is 12.1 Å². The van der Waals surface area contributed by atoms with Crippen molar-refractivity contribution < 1.29 is 13.2 Å². The Morgan fingerprint density at radius 3 is 2.52 bits per heavy atom. The van der Waals surface area contributed by atoms with E-state index in [9.17, 15) is 13.2 Å². The Hall–Kier alpha value is -1.46. The molecule has 21 heavy (non-hydrogen) atoms. The van der Waals surface area contributed by atoms with E-state index in [-0.39, 0.29) is 0 Å². The predicted octanol–water partition coefficient (Wildman–Crippen LogP) is 4.16. The fourth-order valence-corrected chi connectivity index (χ4v) is 2.29. The summed E-state index contributed by atoms with van der Waals surface area (Å²) in [7, 11) is 0. The number of hydrogen-bond acceptors (Lipinski definition) is 3. The highest BCUT2D eigenvalue weighted by atomic mass is 19.4. The molecule has 0 radical (unpaired) electrons. The number of pyridine rings is 1. The van der Waals surface area contributed by atoms with Crippen LogP contribution in [0.25, 0.3) is 0 Å². The van der Waals surface area contributed by atoms with E-state index < -0.39 is 11.7 Å². The summed E-state index contributed by atoms with van der Waals surface area (Å²) in [5.74, 6) is 1.32. The van der Waals surface area contributed by atoms with Gasteiger partial charge >= 0.3 is 6.18 Å².